The van der Waals surface area contributed by atoms with E-state index in [-0.39, 0.29) is 5.41 Å². The molecule has 2 aliphatic heterocycles. The maximum Gasteiger partial charge on any atom is 0.377 e. The maximum atomic E-state index is 13.2. The molecular weight excluding hydrogens is 524 g/mol. The van der Waals surface area contributed by atoms with E-state index in [2.05, 4.69) is 75.2 Å². The summed E-state index contributed by atoms with van der Waals surface area (Å²) in [6, 6.07) is 21.5. The van der Waals surface area contributed by atoms with Crippen molar-refractivity contribution in [1.29, 1.82) is 0 Å². The Hall–Kier alpha value is -3.40. The highest BCUT2D eigenvalue weighted by molar-refractivity contribution is 5.89. The van der Waals surface area contributed by atoms with E-state index in [1.54, 1.807) is 0 Å². The number of piperazine rings is 1. The summed E-state index contributed by atoms with van der Waals surface area (Å²) in [5.41, 5.74) is 2.82. The lowest BCUT2D eigenvalue weighted by Crippen LogP contribution is -2.50. The van der Waals surface area contributed by atoms with Gasteiger partial charge >= 0.3 is 5.97 Å². The number of nitrogens with zero attached hydrogens (tertiary/aromatic N) is 2. The summed E-state index contributed by atoms with van der Waals surface area (Å²) in [5, 5.41) is 35.0. The van der Waals surface area contributed by atoms with Crippen LogP contribution in [0.1, 0.15) is 49.7 Å². The van der Waals surface area contributed by atoms with E-state index in [1.807, 2.05) is 0 Å². The fourth-order valence-electron chi connectivity index (χ4n) is 5.96. The number of ether oxygens (including phenoxy) is 1. The highest BCUT2D eigenvalue weighted by atomic mass is 16.6. The first-order valence-electron chi connectivity index (χ1n) is 14.5. The lowest BCUT2D eigenvalue weighted by Gasteiger charge is -2.41. The number of carbonyl (C=O) groups excluding carboxylic acids is 2. The van der Waals surface area contributed by atoms with Gasteiger partial charge in [-0.15, -0.1) is 0 Å². The summed E-state index contributed by atoms with van der Waals surface area (Å²) in [5.74, 6) is -2.42. The number of benzene rings is 2. The van der Waals surface area contributed by atoms with Crippen LogP contribution in [0.4, 0.5) is 0 Å². The molecule has 0 unspecified atom stereocenters. The lowest BCUT2D eigenvalue weighted by atomic mass is 9.67. The molecule has 2 aromatic carbocycles. The lowest BCUT2D eigenvalue weighted by molar-refractivity contribution is -0.147. The van der Waals surface area contributed by atoms with E-state index in [4.69, 9.17) is 20.4 Å². The van der Waals surface area contributed by atoms with Crippen molar-refractivity contribution in [3.8, 4) is 0 Å². The molecule has 2 fully saturated rings. The fraction of sp³-hybridized carbons (Fsp3) is 0.500. The summed E-state index contributed by atoms with van der Waals surface area (Å²) in [6.07, 6.45) is 5.10. The highest BCUT2D eigenvalue weighted by Crippen LogP contribution is 2.42. The van der Waals surface area contributed by atoms with E-state index >= 15 is 0 Å². The Kier molecular flexibility index (Phi) is 10.8. The van der Waals surface area contributed by atoms with Crippen molar-refractivity contribution in [3.05, 3.63) is 83.3 Å². The zero-order valence-electron chi connectivity index (χ0n) is 23.5. The Balaban J connectivity index is 0.000000271. The number of hydrogen-bond acceptors (Lipinski definition) is 8. The third-order valence-electron chi connectivity index (χ3n) is 8.45. The molecule has 3 aliphatic rings. The number of rotatable bonds is 8. The van der Waals surface area contributed by atoms with Crippen LogP contribution in [-0.2, 0) is 26.2 Å². The molecule has 2 atom stereocenters. The molecule has 0 spiro atoms. The topological polar surface area (TPSA) is 131 Å². The molecule has 1 amide bonds. The molecule has 5 rings (SSSR count). The number of hydrogen-bond donors (Lipinski definition) is 4. The quantitative estimate of drug-likeness (QED) is 0.358. The van der Waals surface area contributed by atoms with Crippen molar-refractivity contribution < 1.29 is 34.8 Å². The van der Waals surface area contributed by atoms with Crippen LogP contribution < -0.4 is 0 Å². The SMILES string of the molecule is O=C(CC1(c2ccccc2)CCCCC1)N1CCN(CCc2ccccc2)CC1.O=C1O[C@H]([C@@H](O)CO)C(O)=C1O. The van der Waals surface area contributed by atoms with E-state index in [0.29, 0.717) is 12.3 Å². The normalized spacial score (nSPS) is 21.6. The second-order valence-electron chi connectivity index (χ2n) is 11.2. The molecule has 1 saturated carbocycles. The van der Waals surface area contributed by atoms with Gasteiger partial charge in [-0.25, -0.2) is 4.79 Å². The van der Waals surface area contributed by atoms with Gasteiger partial charge in [-0.2, -0.15) is 0 Å². The Bertz CT molecular complexity index is 1160. The third kappa shape index (κ3) is 7.87. The minimum absolute atomic E-state index is 0.0566. The zero-order valence-corrected chi connectivity index (χ0v) is 23.5. The predicted molar refractivity (Wildman–Crippen MR) is 154 cm³/mol. The van der Waals surface area contributed by atoms with E-state index < -0.39 is 36.3 Å². The molecular formula is C32H42N2O7. The zero-order chi connectivity index (χ0) is 29.2. The average molecular weight is 567 g/mol. The first kappa shape index (κ1) is 30.6. The minimum Gasteiger partial charge on any atom is -0.505 e. The standard InChI is InChI=1S/C26H34N2O.C6H8O6/c29-25(22-26(15-8-3-9-16-26)24-12-6-2-7-13-24)28-20-18-27(19-21-28)17-14-23-10-4-1-5-11-23;7-1-2(8)5-3(9)4(10)6(11)12-5/h1-2,4-7,10-13H,3,8-9,14-22H2;2,5,7-10H,1H2/t;2-,5+/m.0/s1. The minimum atomic E-state index is -1.42. The molecule has 9 nitrogen and oxygen atoms in total. The first-order chi connectivity index (χ1) is 19.8. The van der Waals surface area contributed by atoms with Crippen LogP contribution in [0.3, 0.4) is 0 Å². The van der Waals surface area contributed by atoms with Crippen molar-refractivity contribution >= 4 is 11.9 Å². The predicted octanol–water partition coefficient (Wildman–Crippen LogP) is 3.26. The molecule has 222 valence electrons. The highest BCUT2D eigenvalue weighted by Gasteiger charge is 2.39. The Labute approximate surface area is 241 Å². The van der Waals surface area contributed by atoms with Crippen LogP contribution in [0.2, 0.25) is 0 Å². The fourth-order valence-corrected chi connectivity index (χ4v) is 5.96. The summed E-state index contributed by atoms with van der Waals surface area (Å²) in [4.78, 5) is 28.4. The average Bonchev–Trinajstić information content (AvgIpc) is 3.28. The third-order valence-corrected chi connectivity index (χ3v) is 8.45. The molecule has 2 heterocycles. The molecule has 4 N–H and O–H groups in total. The Morgan fingerprint density at radius 1 is 0.927 bits per heavy atom. The molecule has 1 aliphatic carbocycles. The van der Waals surface area contributed by atoms with Gasteiger partial charge in [0.05, 0.1) is 6.61 Å². The van der Waals surface area contributed by atoms with Crippen molar-refractivity contribution in [2.45, 2.75) is 62.6 Å². The number of aliphatic hydroxyl groups is 4. The van der Waals surface area contributed by atoms with Crippen molar-refractivity contribution in [2.24, 2.45) is 0 Å². The van der Waals surface area contributed by atoms with Gasteiger partial charge in [-0.1, -0.05) is 79.9 Å². The van der Waals surface area contributed by atoms with Gasteiger partial charge in [0.15, 0.2) is 11.9 Å². The summed E-state index contributed by atoms with van der Waals surface area (Å²) in [7, 11) is 0. The monoisotopic (exact) mass is 566 g/mol. The molecule has 0 radical (unpaired) electrons. The molecule has 2 aromatic rings. The second kappa shape index (κ2) is 14.5. The molecule has 0 aromatic heterocycles. The van der Waals surface area contributed by atoms with Crippen LogP contribution in [-0.4, -0.2) is 93.6 Å². The number of esters is 1. The van der Waals surface area contributed by atoms with Gasteiger partial charge in [0.1, 0.15) is 6.10 Å². The smallest absolute Gasteiger partial charge is 0.377 e. The molecule has 41 heavy (non-hydrogen) atoms. The van der Waals surface area contributed by atoms with Crippen LogP contribution >= 0.6 is 0 Å². The van der Waals surface area contributed by atoms with Gasteiger partial charge in [-0.3, -0.25) is 9.69 Å². The number of aliphatic hydroxyl groups excluding tert-OH is 4. The van der Waals surface area contributed by atoms with Crippen LogP contribution in [0.5, 0.6) is 0 Å². The summed E-state index contributed by atoms with van der Waals surface area (Å²) >= 11 is 0. The van der Waals surface area contributed by atoms with Crippen molar-refractivity contribution in [3.63, 3.8) is 0 Å². The van der Waals surface area contributed by atoms with E-state index in [1.165, 1.54) is 30.4 Å². The first-order valence-corrected chi connectivity index (χ1v) is 14.5. The van der Waals surface area contributed by atoms with Gasteiger partial charge < -0.3 is 30.1 Å². The Morgan fingerprint density at radius 3 is 2.10 bits per heavy atom. The van der Waals surface area contributed by atoms with Gasteiger partial charge in [-0.05, 0) is 30.4 Å². The number of carbonyl (C=O) groups is 2. The van der Waals surface area contributed by atoms with E-state index in [9.17, 15) is 9.59 Å². The van der Waals surface area contributed by atoms with Gasteiger partial charge in [0, 0.05) is 44.6 Å². The summed E-state index contributed by atoms with van der Waals surface area (Å²) in [6.45, 7) is 4.15. The molecule has 1 saturated heterocycles. The summed E-state index contributed by atoms with van der Waals surface area (Å²) < 4.78 is 4.32. The van der Waals surface area contributed by atoms with Crippen molar-refractivity contribution in [1.82, 2.24) is 9.80 Å². The van der Waals surface area contributed by atoms with E-state index in [0.717, 1.165) is 52.0 Å². The van der Waals surface area contributed by atoms with Gasteiger partial charge in [0.25, 0.3) is 0 Å². The molecule has 9 heteroatoms. The van der Waals surface area contributed by atoms with Crippen LogP contribution in [0.25, 0.3) is 0 Å². The van der Waals surface area contributed by atoms with Crippen molar-refractivity contribution in [2.75, 3.05) is 39.3 Å². The maximum absolute atomic E-state index is 13.2. The number of amides is 1. The number of cyclic esters (lactones) is 1. The van der Waals surface area contributed by atoms with Gasteiger partial charge in [0.2, 0.25) is 11.7 Å². The molecule has 0 bridgehead atoms. The Morgan fingerprint density at radius 2 is 1.54 bits per heavy atom. The van der Waals surface area contributed by atoms with Crippen LogP contribution in [0, 0.1) is 0 Å². The van der Waals surface area contributed by atoms with Crippen LogP contribution in [0.15, 0.2) is 72.2 Å². The largest absolute Gasteiger partial charge is 0.505 e. The second-order valence-corrected chi connectivity index (χ2v) is 11.2.